The number of hydrogen-bond acceptors (Lipinski definition) is 4. The predicted molar refractivity (Wildman–Crippen MR) is 172 cm³/mol. The summed E-state index contributed by atoms with van der Waals surface area (Å²) in [6.45, 7) is 11.3. The number of rotatable bonds is 10. The van der Waals surface area contributed by atoms with E-state index >= 15 is 0 Å². The van der Waals surface area contributed by atoms with Gasteiger partial charge < -0.3 is 20.5 Å². The quantitative estimate of drug-likeness (QED) is 0.250. The number of thiophene rings is 1. The fourth-order valence-electron chi connectivity index (χ4n) is 7.28. The van der Waals surface area contributed by atoms with Gasteiger partial charge in [0.1, 0.15) is 4.83 Å². The van der Waals surface area contributed by atoms with E-state index in [4.69, 9.17) is 5.73 Å². The number of aromatic nitrogens is 1. The van der Waals surface area contributed by atoms with Crippen molar-refractivity contribution in [3.05, 3.63) is 69.8 Å². The zero-order valence-corrected chi connectivity index (χ0v) is 26.1. The van der Waals surface area contributed by atoms with Crippen LogP contribution in [0, 0.1) is 13.8 Å². The van der Waals surface area contributed by atoms with Crippen molar-refractivity contribution in [2.75, 3.05) is 19.6 Å². The molecule has 6 rings (SSSR count). The number of unbranched alkanes of at least 4 members (excludes halogenated alkanes) is 1. The second-order valence-corrected chi connectivity index (χ2v) is 14.1. The van der Waals surface area contributed by atoms with Gasteiger partial charge in [0.05, 0.1) is 11.1 Å². The maximum atomic E-state index is 13.9. The van der Waals surface area contributed by atoms with Gasteiger partial charge in [-0.1, -0.05) is 23.3 Å². The van der Waals surface area contributed by atoms with E-state index < -0.39 is 5.41 Å². The Morgan fingerprint density at radius 1 is 1.02 bits per heavy atom. The number of carbonyl (C=O) groups is 1. The molecule has 0 spiro atoms. The molecule has 3 aromatic rings. The molecule has 0 unspecified atom stereocenters. The Kier molecular flexibility index (Phi) is 7.90. The van der Waals surface area contributed by atoms with Crippen molar-refractivity contribution >= 4 is 27.5 Å². The van der Waals surface area contributed by atoms with Crippen LogP contribution < -0.4 is 5.73 Å². The van der Waals surface area contributed by atoms with Crippen LogP contribution in [-0.4, -0.2) is 52.4 Å². The van der Waals surface area contributed by atoms with Crippen LogP contribution in [0.4, 0.5) is 0 Å². The van der Waals surface area contributed by atoms with Crippen molar-refractivity contribution < 1.29 is 4.79 Å². The third-order valence-corrected chi connectivity index (χ3v) is 11.0. The van der Waals surface area contributed by atoms with E-state index in [2.05, 4.69) is 85.1 Å². The number of carbonyl (C=O) groups excluding carboxylic acids is 1. The first-order valence-corrected chi connectivity index (χ1v) is 16.4. The van der Waals surface area contributed by atoms with Crippen molar-refractivity contribution in [1.82, 2.24) is 14.8 Å². The highest BCUT2D eigenvalue weighted by molar-refractivity contribution is 7.19. The molecule has 3 aliphatic heterocycles. The van der Waals surface area contributed by atoms with Gasteiger partial charge in [-0.3, -0.25) is 4.79 Å². The molecule has 0 saturated carbocycles. The lowest BCUT2D eigenvalue weighted by molar-refractivity contribution is -0.137. The number of allylic oxidation sites excluding steroid dienone is 2. The Hall–Kier alpha value is -2.83. The van der Waals surface area contributed by atoms with Crippen LogP contribution in [-0.2, 0) is 16.6 Å². The van der Waals surface area contributed by atoms with Crippen molar-refractivity contribution in [3.63, 3.8) is 0 Å². The van der Waals surface area contributed by atoms with E-state index in [1.54, 1.807) is 11.3 Å². The smallest absolute Gasteiger partial charge is 0.233 e. The number of nitrogens with two attached hydrogens (primary N) is 1. The molecule has 0 aliphatic carbocycles. The van der Waals surface area contributed by atoms with E-state index in [0.717, 1.165) is 45.3 Å². The van der Waals surface area contributed by atoms with E-state index in [1.807, 2.05) is 0 Å². The highest BCUT2D eigenvalue weighted by Crippen LogP contribution is 2.44. The van der Waals surface area contributed by atoms with Crippen LogP contribution in [0.3, 0.4) is 0 Å². The fraction of sp³-hybridized carbons (Fsp3) is 0.514. The van der Waals surface area contributed by atoms with Crippen molar-refractivity contribution in [2.24, 2.45) is 5.73 Å². The zero-order chi connectivity index (χ0) is 28.7. The van der Waals surface area contributed by atoms with Crippen LogP contribution in [0.1, 0.15) is 80.4 Å². The molecule has 2 bridgehead atoms. The molecule has 2 saturated heterocycles. The molecule has 2 aromatic heterocycles. The third kappa shape index (κ3) is 5.53. The number of aromatic amines is 1. The van der Waals surface area contributed by atoms with Crippen molar-refractivity contribution in [3.8, 4) is 11.3 Å². The summed E-state index contributed by atoms with van der Waals surface area (Å²) in [4.78, 5) is 24.8. The molecule has 218 valence electrons. The van der Waals surface area contributed by atoms with Crippen molar-refractivity contribution in [1.29, 1.82) is 0 Å². The maximum absolute atomic E-state index is 13.9. The minimum absolute atomic E-state index is 0.315. The van der Waals surface area contributed by atoms with Crippen LogP contribution >= 0.6 is 11.3 Å². The Morgan fingerprint density at radius 2 is 1.73 bits per heavy atom. The molecule has 6 heteroatoms. The number of nitrogens with one attached hydrogen (secondary N) is 1. The Morgan fingerprint density at radius 3 is 2.37 bits per heavy atom. The molecule has 1 amide bonds. The molecular formula is C35H46N4OS. The summed E-state index contributed by atoms with van der Waals surface area (Å²) in [6, 6.07) is 10.1. The van der Waals surface area contributed by atoms with Gasteiger partial charge >= 0.3 is 0 Å². The molecule has 1 aromatic carbocycles. The standard InChI is InChI=1S/C35H46N4OS/c1-23-19-24(2)21-26(20-23)32-29(14-18-38-16-12-25(13-17-38)7-5-6-15-36)30-22-31(41-33(30)37-32)35(3,4)34(40)39-27-8-9-28(39)11-10-27/h12-13,16,19-22,27-28,37H,5-11,14-15,17-18,36H2,1-4H3. The summed E-state index contributed by atoms with van der Waals surface area (Å²) >= 11 is 1.77. The average Bonchev–Trinajstić information content (AvgIpc) is 3.72. The molecule has 41 heavy (non-hydrogen) atoms. The van der Waals surface area contributed by atoms with Gasteiger partial charge in [0.15, 0.2) is 0 Å². The first-order chi connectivity index (χ1) is 19.7. The molecule has 3 aliphatic rings. The molecule has 3 N–H and O–H groups in total. The summed E-state index contributed by atoms with van der Waals surface area (Å²) in [5, 5.41) is 1.28. The second-order valence-electron chi connectivity index (χ2n) is 13.1. The van der Waals surface area contributed by atoms with Crippen LogP contribution in [0.5, 0.6) is 0 Å². The van der Waals surface area contributed by atoms with Gasteiger partial charge in [0, 0.05) is 35.4 Å². The topological polar surface area (TPSA) is 65.4 Å². The number of amides is 1. The lowest BCUT2D eigenvalue weighted by Crippen LogP contribution is -2.45. The van der Waals surface area contributed by atoms with Gasteiger partial charge in [0.2, 0.25) is 5.91 Å². The molecule has 5 heterocycles. The van der Waals surface area contributed by atoms with Crippen LogP contribution in [0.2, 0.25) is 0 Å². The number of nitrogens with zero attached hydrogens (tertiary/aromatic N) is 2. The highest BCUT2D eigenvalue weighted by atomic mass is 32.1. The van der Waals surface area contributed by atoms with E-state index in [9.17, 15) is 4.79 Å². The maximum Gasteiger partial charge on any atom is 0.233 e. The third-order valence-electron chi connectivity index (χ3n) is 9.60. The Balaban J connectivity index is 1.28. The van der Waals surface area contributed by atoms with E-state index in [-0.39, 0.29) is 0 Å². The monoisotopic (exact) mass is 570 g/mol. The molecule has 0 radical (unpaired) electrons. The predicted octanol–water partition coefficient (Wildman–Crippen LogP) is 7.37. The van der Waals surface area contributed by atoms with E-state index in [1.165, 1.54) is 74.3 Å². The summed E-state index contributed by atoms with van der Waals surface area (Å²) in [6.07, 6.45) is 15.9. The summed E-state index contributed by atoms with van der Waals surface area (Å²) in [5.41, 5.74) is 13.0. The number of hydrogen-bond donors (Lipinski definition) is 2. The summed E-state index contributed by atoms with van der Waals surface area (Å²) in [5.74, 6) is 0.315. The zero-order valence-electron chi connectivity index (χ0n) is 25.3. The van der Waals surface area contributed by atoms with Gasteiger partial charge in [-0.05, 0) is 133 Å². The van der Waals surface area contributed by atoms with E-state index in [0.29, 0.717) is 18.0 Å². The van der Waals surface area contributed by atoms with Gasteiger partial charge in [-0.2, -0.15) is 0 Å². The summed E-state index contributed by atoms with van der Waals surface area (Å²) < 4.78 is 0. The molecular weight excluding hydrogens is 524 g/mol. The second kappa shape index (κ2) is 11.4. The van der Waals surface area contributed by atoms with Crippen LogP contribution in [0.25, 0.3) is 21.5 Å². The van der Waals surface area contributed by atoms with Crippen molar-refractivity contribution in [2.45, 2.75) is 96.6 Å². The highest BCUT2D eigenvalue weighted by Gasteiger charge is 2.47. The SMILES string of the molecule is Cc1cc(C)cc(-c2[nH]c3sc(C(C)(C)C(=O)N4C5CCC4CC5)cc3c2CCN2C=CC(CCCCN)=CC2)c1. The Labute approximate surface area is 249 Å². The first kappa shape index (κ1) is 28.3. The molecule has 2 fully saturated rings. The average molecular weight is 571 g/mol. The minimum Gasteiger partial charge on any atom is -0.373 e. The largest absolute Gasteiger partial charge is 0.373 e. The number of H-pyrrole nitrogens is 1. The Bertz CT molecular complexity index is 1450. The molecule has 0 atom stereocenters. The van der Waals surface area contributed by atoms with Crippen LogP contribution in [0.15, 0.2) is 48.2 Å². The minimum atomic E-state index is -0.520. The first-order valence-electron chi connectivity index (χ1n) is 15.6. The molecule has 5 nitrogen and oxygen atoms in total. The summed E-state index contributed by atoms with van der Waals surface area (Å²) in [7, 11) is 0. The lowest BCUT2D eigenvalue weighted by Gasteiger charge is -2.31. The van der Waals surface area contributed by atoms with Gasteiger partial charge in [0.25, 0.3) is 0 Å². The van der Waals surface area contributed by atoms with Gasteiger partial charge in [-0.15, -0.1) is 11.3 Å². The fourth-order valence-corrected chi connectivity index (χ4v) is 8.47. The number of aryl methyl sites for hydroxylation is 2. The number of fused-ring (bicyclic) bond motifs is 3. The lowest BCUT2D eigenvalue weighted by atomic mass is 9.88. The normalized spacial score (nSPS) is 20.5. The number of benzene rings is 1. The van der Waals surface area contributed by atoms with Gasteiger partial charge in [-0.25, -0.2) is 0 Å².